The molecule has 148 valence electrons. The minimum absolute atomic E-state index is 0.443. The van der Waals surface area contributed by atoms with Gasteiger partial charge in [0.05, 0.1) is 6.54 Å². The van der Waals surface area contributed by atoms with Gasteiger partial charge in [0.1, 0.15) is 24.8 Å². The quantitative estimate of drug-likeness (QED) is 0.463. The van der Waals surface area contributed by atoms with Crippen molar-refractivity contribution in [3.05, 3.63) is 108 Å². The molecular formula is C24H19ClN4O. The Morgan fingerprint density at radius 2 is 1.63 bits per heavy atom. The Balaban J connectivity index is 1.49. The van der Waals surface area contributed by atoms with Crippen molar-refractivity contribution in [2.75, 3.05) is 6.61 Å². The number of rotatable bonds is 5. The summed E-state index contributed by atoms with van der Waals surface area (Å²) in [6, 6.07) is 26.1. The van der Waals surface area contributed by atoms with Crippen molar-refractivity contribution in [3.63, 3.8) is 0 Å². The van der Waals surface area contributed by atoms with E-state index < -0.39 is 5.54 Å². The average molecular weight is 415 g/mol. The van der Waals surface area contributed by atoms with Crippen LogP contribution in [0.25, 0.3) is 11.1 Å². The topological polar surface area (TPSA) is 52.3 Å². The first-order chi connectivity index (χ1) is 14.7. The molecule has 1 aliphatic rings. The van der Waals surface area contributed by atoms with Crippen LogP contribution in [-0.2, 0) is 16.8 Å². The normalized spacial score (nSPS) is 18.1. The first kappa shape index (κ1) is 18.6. The van der Waals surface area contributed by atoms with Crippen LogP contribution in [0.5, 0.6) is 0 Å². The van der Waals surface area contributed by atoms with E-state index in [1.54, 1.807) is 11.0 Å². The third-order valence-corrected chi connectivity index (χ3v) is 5.61. The van der Waals surface area contributed by atoms with Gasteiger partial charge in [-0.2, -0.15) is 5.10 Å². The number of ether oxygens (including phenoxy) is 1. The highest BCUT2D eigenvalue weighted by atomic mass is 35.5. The summed E-state index contributed by atoms with van der Waals surface area (Å²) in [6.45, 7) is 0.997. The molecule has 1 atom stereocenters. The van der Waals surface area contributed by atoms with Gasteiger partial charge in [-0.05, 0) is 29.3 Å². The molecule has 0 radical (unpaired) electrons. The summed E-state index contributed by atoms with van der Waals surface area (Å²) in [5.41, 5.74) is 3.53. The Morgan fingerprint density at radius 1 is 0.900 bits per heavy atom. The van der Waals surface area contributed by atoms with E-state index in [9.17, 15) is 0 Å². The molecule has 0 saturated carbocycles. The van der Waals surface area contributed by atoms with E-state index in [1.165, 1.54) is 6.33 Å². The van der Waals surface area contributed by atoms with Gasteiger partial charge in [-0.3, -0.25) is 4.68 Å². The van der Waals surface area contributed by atoms with Gasteiger partial charge in [-0.15, -0.1) is 0 Å². The van der Waals surface area contributed by atoms with Crippen molar-refractivity contribution in [2.45, 2.75) is 12.1 Å². The van der Waals surface area contributed by atoms with Crippen LogP contribution in [0.15, 0.2) is 96.5 Å². The standard InChI is InChI=1S/C24H19ClN4O/c25-22-9-5-4-8-21(22)18-10-12-19(13-11-18)23-28-24(15-30-23,14-29-17-26-16-27-29)20-6-2-1-3-7-20/h1-13,16-17H,14-15H2. The van der Waals surface area contributed by atoms with Gasteiger partial charge >= 0.3 is 0 Å². The molecular weight excluding hydrogens is 396 g/mol. The van der Waals surface area contributed by atoms with Crippen LogP contribution in [-0.4, -0.2) is 27.3 Å². The molecule has 4 aromatic rings. The highest BCUT2D eigenvalue weighted by Crippen LogP contribution is 2.34. The molecule has 0 bridgehead atoms. The Kier molecular flexibility index (Phi) is 4.81. The maximum Gasteiger partial charge on any atom is 0.217 e. The predicted octanol–water partition coefficient (Wildman–Crippen LogP) is 4.97. The molecule has 3 aromatic carbocycles. The number of hydrogen-bond acceptors (Lipinski definition) is 4. The fourth-order valence-electron chi connectivity index (χ4n) is 3.73. The van der Waals surface area contributed by atoms with Crippen molar-refractivity contribution in [3.8, 4) is 11.1 Å². The Labute approximate surface area is 179 Å². The lowest BCUT2D eigenvalue weighted by Crippen LogP contribution is -2.31. The molecule has 5 nitrogen and oxygen atoms in total. The lowest BCUT2D eigenvalue weighted by molar-refractivity contribution is 0.230. The summed E-state index contributed by atoms with van der Waals surface area (Å²) < 4.78 is 7.88. The van der Waals surface area contributed by atoms with E-state index in [0.717, 1.165) is 27.3 Å². The second-order valence-electron chi connectivity index (χ2n) is 7.25. The van der Waals surface area contributed by atoms with Crippen molar-refractivity contribution in [1.29, 1.82) is 0 Å². The molecule has 0 amide bonds. The van der Waals surface area contributed by atoms with Crippen molar-refractivity contribution in [1.82, 2.24) is 14.8 Å². The van der Waals surface area contributed by atoms with Crippen LogP contribution in [0.1, 0.15) is 11.1 Å². The van der Waals surface area contributed by atoms with E-state index in [2.05, 4.69) is 22.2 Å². The second-order valence-corrected chi connectivity index (χ2v) is 7.66. The largest absolute Gasteiger partial charge is 0.474 e. The van der Waals surface area contributed by atoms with Gasteiger partial charge < -0.3 is 4.74 Å². The third kappa shape index (κ3) is 3.48. The maximum absolute atomic E-state index is 6.34. The number of halogens is 1. The minimum Gasteiger partial charge on any atom is -0.474 e. The van der Waals surface area contributed by atoms with E-state index in [-0.39, 0.29) is 0 Å². The van der Waals surface area contributed by atoms with E-state index in [1.807, 2.05) is 66.7 Å². The van der Waals surface area contributed by atoms with Gasteiger partial charge in [-0.25, -0.2) is 9.98 Å². The zero-order valence-corrected chi connectivity index (χ0v) is 16.9. The maximum atomic E-state index is 6.34. The van der Waals surface area contributed by atoms with Gasteiger partial charge in [0, 0.05) is 16.1 Å². The highest BCUT2D eigenvalue weighted by Gasteiger charge is 2.39. The molecule has 0 fully saturated rings. The number of benzene rings is 3. The minimum atomic E-state index is -0.550. The monoisotopic (exact) mass is 414 g/mol. The molecule has 0 N–H and O–H groups in total. The molecule has 2 heterocycles. The summed E-state index contributed by atoms with van der Waals surface area (Å²) in [7, 11) is 0. The Morgan fingerprint density at radius 3 is 2.37 bits per heavy atom. The first-order valence-corrected chi connectivity index (χ1v) is 10.1. The third-order valence-electron chi connectivity index (χ3n) is 5.28. The van der Waals surface area contributed by atoms with Crippen LogP contribution in [0, 0.1) is 0 Å². The summed E-state index contributed by atoms with van der Waals surface area (Å²) in [6.07, 6.45) is 3.24. The molecule has 1 aromatic heterocycles. The van der Waals surface area contributed by atoms with Crippen molar-refractivity contribution in [2.24, 2.45) is 4.99 Å². The molecule has 5 rings (SSSR count). The van der Waals surface area contributed by atoms with Crippen LogP contribution in [0.3, 0.4) is 0 Å². The van der Waals surface area contributed by atoms with Crippen molar-refractivity contribution >= 4 is 17.5 Å². The molecule has 6 heteroatoms. The van der Waals surface area contributed by atoms with Gasteiger partial charge in [0.25, 0.3) is 0 Å². The lowest BCUT2D eigenvalue weighted by Gasteiger charge is -2.24. The Hall–Kier alpha value is -3.44. The molecule has 1 unspecified atom stereocenters. The van der Waals surface area contributed by atoms with Crippen LogP contribution < -0.4 is 0 Å². The van der Waals surface area contributed by atoms with Crippen LogP contribution in [0.4, 0.5) is 0 Å². The van der Waals surface area contributed by atoms with E-state index >= 15 is 0 Å². The lowest BCUT2D eigenvalue weighted by atomic mass is 9.91. The van der Waals surface area contributed by atoms with E-state index in [4.69, 9.17) is 21.3 Å². The van der Waals surface area contributed by atoms with Gasteiger partial charge in [0.15, 0.2) is 0 Å². The summed E-state index contributed by atoms with van der Waals surface area (Å²) >= 11 is 6.34. The number of aliphatic imine (C=N–C) groups is 1. The van der Waals surface area contributed by atoms with Crippen LogP contribution >= 0.6 is 11.6 Å². The Bertz CT molecular complexity index is 1170. The van der Waals surface area contributed by atoms with Gasteiger partial charge in [-0.1, -0.05) is 72.3 Å². The van der Waals surface area contributed by atoms with Gasteiger partial charge in [0.2, 0.25) is 5.90 Å². The second kappa shape index (κ2) is 7.76. The molecule has 1 aliphatic heterocycles. The van der Waals surface area contributed by atoms with Crippen LogP contribution in [0.2, 0.25) is 5.02 Å². The summed E-state index contributed by atoms with van der Waals surface area (Å²) in [5, 5.41) is 5.00. The fourth-order valence-corrected chi connectivity index (χ4v) is 3.98. The first-order valence-electron chi connectivity index (χ1n) is 9.69. The number of nitrogens with zero attached hydrogens (tertiary/aromatic N) is 4. The summed E-state index contributed by atoms with van der Waals surface area (Å²) in [4.78, 5) is 9.10. The average Bonchev–Trinajstić information content (AvgIpc) is 3.46. The number of aromatic nitrogens is 3. The zero-order valence-electron chi connectivity index (χ0n) is 16.1. The molecule has 0 saturated heterocycles. The van der Waals surface area contributed by atoms with E-state index in [0.29, 0.717) is 19.0 Å². The summed E-state index contributed by atoms with van der Waals surface area (Å²) in [5.74, 6) is 0.629. The SMILES string of the molecule is Clc1ccccc1-c1ccc(C2=NC(Cn3cncn3)(c3ccccc3)CO2)cc1. The van der Waals surface area contributed by atoms with Crippen molar-refractivity contribution < 1.29 is 4.74 Å². The predicted molar refractivity (Wildman–Crippen MR) is 118 cm³/mol. The molecule has 30 heavy (non-hydrogen) atoms. The fraction of sp³-hybridized carbons (Fsp3) is 0.125. The smallest absolute Gasteiger partial charge is 0.217 e. The number of hydrogen-bond donors (Lipinski definition) is 0. The highest BCUT2D eigenvalue weighted by molar-refractivity contribution is 6.33. The molecule has 0 aliphatic carbocycles. The zero-order chi connectivity index (χ0) is 20.4. The molecule has 0 spiro atoms.